The van der Waals surface area contributed by atoms with Crippen molar-refractivity contribution in [2.24, 2.45) is 5.84 Å². The molecule has 3 N–H and O–H groups in total. The molecule has 0 fully saturated rings. The molecular formula is C16H22N4O. The number of hydrogen-bond donors (Lipinski definition) is 2. The van der Waals surface area contributed by atoms with Gasteiger partial charge in [-0.25, -0.2) is 0 Å². The molecule has 5 heteroatoms. The van der Waals surface area contributed by atoms with Crippen molar-refractivity contribution in [1.82, 2.24) is 15.4 Å². The van der Waals surface area contributed by atoms with Gasteiger partial charge >= 0.3 is 0 Å². The maximum atomic E-state index is 5.69. The zero-order valence-corrected chi connectivity index (χ0v) is 12.8. The van der Waals surface area contributed by atoms with Crippen LogP contribution in [0, 0.1) is 13.8 Å². The Morgan fingerprint density at radius 2 is 1.95 bits per heavy atom. The van der Waals surface area contributed by atoms with Crippen LogP contribution in [0.5, 0.6) is 5.75 Å². The summed E-state index contributed by atoms with van der Waals surface area (Å²) in [4.78, 5) is 8.56. The maximum absolute atomic E-state index is 5.69. The van der Waals surface area contributed by atoms with E-state index in [9.17, 15) is 0 Å². The topological polar surface area (TPSA) is 73.1 Å². The lowest BCUT2D eigenvalue weighted by Crippen LogP contribution is -2.38. The van der Waals surface area contributed by atoms with Gasteiger partial charge in [-0.2, -0.15) is 0 Å². The van der Waals surface area contributed by atoms with Gasteiger partial charge in [0.25, 0.3) is 0 Å². The maximum Gasteiger partial charge on any atom is 0.128 e. The van der Waals surface area contributed by atoms with E-state index < -0.39 is 0 Å². The van der Waals surface area contributed by atoms with Gasteiger partial charge in [-0.1, -0.05) is 0 Å². The summed E-state index contributed by atoms with van der Waals surface area (Å²) in [7, 11) is 1.69. The molecule has 0 aromatic carbocycles. The molecule has 1 atom stereocenters. The molecule has 0 bridgehead atoms. The molecule has 0 spiro atoms. The van der Waals surface area contributed by atoms with Crippen molar-refractivity contribution in [3.63, 3.8) is 0 Å². The highest BCUT2D eigenvalue weighted by Crippen LogP contribution is 2.24. The predicted octanol–water partition coefficient (Wildman–Crippen LogP) is 1.72. The van der Waals surface area contributed by atoms with Crippen molar-refractivity contribution in [2.75, 3.05) is 7.11 Å². The molecule has 2 aromatic heterocycles. The van der Waals surface area contributed by atoms with E-state index >= 15 is 0 Å². The summed E-state index contributed by atoms with van der Waals surface area (Å²) in [5.74, 6) is 6.60. The van der Waals surface area contributed by atoms with Crippen LogP contribution in [0.1, 0.15) is 22.4 Å². The average Bonchev–Trinajstić information content (AvgIpc) is 2.50. The van der Waals surface area contributed by atoms with Crippen LogP contribution in [0.2, 0.25) is 0 Å². The minimum Gasteiger partial charge on any atom is -0.496 e. The molecule has 2 heterocycles. The summed E-state index contributed by atoms with van der Waals surface area (Å²) in [5, 5.41) is 0. The summed E-state index contributed by atoms with van der Waals surface area (Å²) >= 11 is 0. The summed E-state index contributed by atoms with van der Waals surface area (Å²) in [6, 6.07) is 4.12. The number of nitrogens with one attached hydrogen (secondary N) is 1. The molecular weight excluding hydrogens is 264 g/mol. The van der Waals surface area contributed by atoms with Crippen molar-refractivity contribution in [3.8, 4) is 5.75 Å². The smallest absolute Gasteiger partial charge is 0.128 e. The number of pyridine rings is 2. The third-order valence-electron chi connectivity index (χ3n) is 3.66. The fraction of sp³-hybridized carbons (Fsp3) is 0.375. The molecule has 0 aliphatic heterocycles. The van der Waals surface area contributed by atoms with E-state index in [1.54, 1.807) is 19.5 Å². The first kappa shape index (κ1) is 15.4. The first-order chi connectivity index (χ1) is 10.2. The lowest BCUT2D eigenvalue weighted by atomic mass is 10.00. The van der Waals surface area contributed by atoms with Gasteiger partial charge in [0.15, 0.2) is 0 Å². The summed E-state index contributed by atoms with van der Waals surface area (Å²) in [5.41, 5.74) is 7.21. The Morgan fingerprint density at radius 1 is 1.24 bits per heavy atom. The quantitative estimate of drug-likeness (QED) is 0.625. The Kier molecular flexibility index (Phi) is 5.25. The number of methoxy groups -OCH3 is 1. The fourth-order valence-corrected chi connectivity index (χ4v) is 2.50. The molecule has 0 amide bonds. The second kappa shape index (κ2) is 7.15. The molecule has 0 saturated heterocycles. The predicted molar refractivity (Wildman–Crippen MR) is 83.0 cm³/mol. The number of nitrogens with two attached hydrogens (primary N) is 1. The molecule has 112 valence electrons. The van der Waals surface area contributed by atoms with E-state index in [0.29, 0.717) is 0 Å². The van der Waals surface area contributed by atoms with Crippen molar-refractivity contribution in [2.45, 2.75) is 32.7 Å². The third kappa shape index (κ3) is 3.77. The highest BCUT2D eigenvalue weighted by molar-refractivity contribution is 5.41. The Bertz CT molecular complexity index is 586. The summed E-state index contributed by atoms with van der Waals surface area (Å²) < 4.78 is 5.45. The monoisotopic (exact) mass is 286 g/mol. The van der Waals surface area contributed by atoms with Crippen molar-refractivity contribution in [1.29, 1.82) is 0 Å². The number of nitrogens with zero attached hydrogens (tertiary/aromatic N) is 2. The lowest BCUT2D eigenvalue weighted by Gasteiger charge is -2.18. The minimum atomic E-state index is 0.117. The van der Waals surface area contributed by atoms with Gasteiger partial charge < -0.3 is 4.74 Å². The normalized spacial score (nSPS) is 12.2. The second-order valence-electron chi connectivity index (χ2n) is 5.17. The van der Waals surface area contributed by atoms with E-state index in [1.165, 1.54) is 5.56 Å². The molecule has 5 nitrogen and oxygen atoms in total. The number of aryl methyl sites for hydroxylation is 1. The van der Waals surface area contributed by atoms with E-state index in [4.69, 9.17) is 10.6 Å². The third-order valence-corrected chi connectivity index (χ3v) is 3.66. The van der Waals surface area contributed by atoms with Crippen LogP contribution in [-0.4, -0.2) is 23.1 Å². The van der Waals surface area contributed by atoms with Crippen LogP contribution in [0.25, 0.3) is 0 Å². The zero-order chi connectivity index (χ0) is 15.2. The first-order valence-electron chi connectivity index (χ1n) is 6.99. The van der Waals surface area contributed by atoms with Crippen LogP contribution in [0.15, 0.2) is 30.7 Å². The molecule has 2 rings (SSSR count). The molecule has 21 heavy (non-hydrogen) atoms. The molecule has 0 radical (unpaired) electrons. The van der Waals surface area contributed by atoms with Gasteiger partial charge in [0.05, 0.1) is 7.11 Å². The molecule has 1 unspecified atom stereocenters. The van der Waals surface area contributed by atoms with Crippen LogP contribution in [0.4, 0.5) is 0 Å². The van der Waals surface area contributed by atoms with Crippen LogP contribution in [-0.2, 0) is 12.8 Å². The second-order valence-corrected chi connectivity index (χ2v) is 5.17. The Labute approximate surface area is 125 Å². The van der Waals surface area contributed by atoms with Gasteiger partial charge in [0.2, 0.25) is 0 Å². The van der Waals surface area contributed by atoms with Gasteiger partial charge in [-0.3, -0.25) is 21.2 Å². The average molecular weight is 286 g/mol. The number of aromatic nitrogens is 2. The number of hydrazine groups is 1. The van der Waals surface area contributed by atoms with Crippen LogP contribution >= 0.6 is 0 Å². The van der Waals surface area contributed by atoms with Gasteiger partial charge in [0.1, 0.15) is 5.75 Å². The lowest BCUT2D eigenvalue weighted by molar-refractivity contribution is 0.406. The van der Waals surface area contributed by atoms with Gasteiger partial charge in [-0.05, 0) is 38.0 Å². The highest BCUT2D eigenvalue weighted by atomic mass is 16.5. The fourth-order valence-electron chi connectivity index (χ4n) is 2.50. The van der Waals surface area contributed by atoms with Crippen molar-refractivity contribution >= 4 is 0 Å². The van der Waals surface area contributed by atoms with Crippen LogP contribution in [0.3, 0.4) is 0 Å². The molecule has 2 aromatic rings. The molecule has 0 aliphatic rings. The van der Waals surface area contributed by atoms with E-state index in [2.05, 4.69) is 15.4 Å². The zero-order valence-electron chi connectivity index (χ0n) is 12.8. The standard InChI is InChI=1S/C16H22N4O/c1-11-10-19-15(12(2)16(11)21-3)9-14(20-17)8-13-4-6-18-7-5-13/h4-7,10,14,20H,8-9,17H2,1-3H3. The number of rotatable bonds is 6. The number of hydrogen-bond acceptors (Lipinski definition) is 5. The summed E-state index contributed by atoms with van der Waals surface area (Å²) in [6.07, 6.45) is 7.02. The van der Waals surface area contributed by atoms with Crippen molar-refractivity contribution in [3.05, 3.63) is 53.1 Å². The molecule has 0 saturated carbocycles. The van der Waals surface area contributed by atoms with E-state index in [-0.39, 0.29) is 6.04 Å². The Hall–Kier alpha value is -1.98. The van der Waals surface area contributed by atoms with Gasteiger partial charge in [0, 0.05) is 47.9 Å². The Balaban J connectivity index is 2.15. The van der Waals surface area contributed by atoms with E-state index in [0.717, 1.165) is 35.4 Å². The first-order valence-corrected chi connectivity index (χ1v) is 6.99. The largest absolute Gasteiger partial charge is 0.496 e. The van der Waals surface area contributed by atoms with E-state index in [1.807, 2.05) is 32.2 Å². The SMILES string of the molecule is COc1c(C)cnc(CC(Cc2ccncc2)NN)c1C. The van der Waals surface area contributed by atoms with Crippen molar-refractivity contribution < 1.29 is 4.74 Å². The highest BCUT2D eigenvalue weighted by Gasteiger charge is 2.15. The van der Waals surface area contributed by atoms with Crippen LogP contribution < -0.4 is 16.0 Å². The Morgan fingerprint density at radius 3 is 2.57 bits per heavy atom. The minimum absolute atomic E-state index is 0.117. The summed E-state index contributed by atoms with van der Waals surface area (Å²) in [6.45, 7) is 4.03. The molecule has 0 aliphatic carbocycles. The number of ether oxygens (including phenoxy) is 1. The van der Waals surface area contributed by atoms with Gasteiger partial charge in [-0.15, -0.1) is 0 Å².